The topological polar surface area (TPSA) is 64.1 Å². The molecule has 0 radical (unpaired) electrons. The Labute approximate surface area is 193 Å². The zero-order valence-corrected chi connectivity index (χ0v) is 20.1. The van der Waals surface area contributed by atoms with E-state index in [4.69, 9.17) is 14.2 Å². The lowest BCUT2D eigenvalue weighted by Crippen LogP contribution is -2.38. The molecule has 2 N–H and O–H groups in total. The molecule has 166 valence electrons. The van der Waals surface area contributed by atoms with Crippen molar-refractivity contribution >= 4 is 29.9 Å². The van der Waals surface area contributed by atoms with Crippen molar-refractivity contribution in [3.63, 3.8) is 0 Å². The summed E-state index contributed by atoms with van der Waals surface area (Å²) in [7, 11) is 1.80. The van der Waals surface area contributed by atoms with Crippen LogP contribution in [0.3, 0.4) is 0 Å². The molecule has 1 saturated heterocycles. The maximum atomic E-state index is 5.71. The van der Waals surface area contributed by atoms with Crippen LogP contribution in [0.2, 0.25) is 0 Å². The van der Waals surface area contributed by atoms with Crippen LogP contribution in [0.15, 0.2) is 35.3 Å². The van der Waals surface area contributed by atoms with Gasteiger partial charge in [0.2, 0.25) is 0 Å². The minimum atomic E-state index is 0. The number of hydrogen-bond acceptors (Lipinski definition) is 4. The van der Waals surface area contributed by atoms with E-state index in [2.05, 4.69) is 39.9 Å². The molecule has 2 rings (SSSR count). The van der Waals surface area contributed by atoms with Crippen molar-refractivity contribution in [3.8, 4) is 0 Å². The first-order valence-electron chi connectivity index (χ1n) is 10.6. The summed E-state index contributed by atoms with van der Waals surface area (Å²) in [5.41, 5.74) is 1.33. The lowest BCUT2D eigenvalue weighted by molar-refractivity contribution is 0.0168. The van der Waals surface area contributed by atoms with Gasteiger partial charge in [0.15, 0.2) is 5.96 Å². The van der Waals surface area contributed by atoms with E-state index in [9.17, 15) is 0 Å². The predicted molar refractivity (Wildman–Crippen MR) is 129 cm³/mol. The number of ether oxygens (including phenoxy) is 3. The summed E-state index contributed by atoms with van der Waals surface area (Å²) in [6.45, 7) is 5.71. The number of hydrogen-bond donors (Lipinski definition) is 2. The SMILES string of the molecule is CN=C(NCCCCOCCc1ccccc1)NCCCOCC1CCCO1.I. The van der Waals surface area contributed by atoms with Gasteiger partial charge in [-0.1, -0.05) is 30.3 Å². The van der Waals surface area contributed by atoms with E-state index in [0.717, 1.165) is 90.6 Å². The lowest BCUT2D eigenvalue weighted by Gasteiger charge is -2.13. The molecule has 1 unspecified atom stereocenters. The van der Waals surface area contributed by atoms with Gasteiger partial charge >= 0.3 is 0 Å². The first-order chi connectivity index (χ1) is 13.9. The summed E-state index contributed by atoms with van der Waals surface area (Å²) >= 11 is 0. The summed E-state index contributed by atoms with van der Waals surface area (Å²) in [6.07, 6.45) is 6.66. The van der Waals surface area contributed by atoms with Gasteiger partial charge in [0, 0.05) is 40.0 Å². The maximum absolute atomic E-state index is 5.71. The predicted octanol–water partition coefficient (Wildman–Crippen LogP) is 3.39. The first kappa shape index (κ1) is 26.1. The molecular formula is C22H38IN3O3. The summed E-state index contributed by atoms with van der Waals surface area (Å²) in [5.74, 6) is 0.851. The van der Waals surface area contributed by atoms with Gasteiger partial charge in [0.25, 0.3) is 0 Å². The summed E-state index contributed by atoms with van der Waals surface area (Å²) in [4.78, 5) is 4.25. The van der Waals surface area contributed by atoms with Crippen molar-refractivity contribution in [2.75, 3.05) is 53.2 Å². The second-order valence-electron chi connectivity index (χ2n) is 7.04. The van der Waals surface area contributed by atoms with E-state index in [1.54, 1.807) is 7.05 Å². The van der Waals surface area contributed by atoms with E-state index < -0.39 is 0 Å². The second-order valence-corrected chi connectivity index (χ2v) is 7.04. The molecule has 0 aromatic heterocycles. The highest BCUT2D eigenvalue weighted by Crippen LogP contribution is 2.11. The van der Waals surface area contributed by atoms with Crippen molar-refractivity contribution in [3.05, 3.63) is 35.9 Å². The van der Waals surface area contributed by atoms with Crippen molar-refractivity contribution in [2.24, 2.45) is 4.99 Å². The highest BCUT2D eigenvalue weighted by molar-refractivity contribution is 14.0. The number of halogens is 1. The van der Waals surface area contributed by atoms with Crippen LogP contribution in [-0.4, -0.2) is 65.2 Å². The molecule has 0 bridgehead atoms. The lowest BCUT2D eigenvalue weighted by atomic mass is 10.2. The van der Waals surface area contributed by atoms with Crippen molar-refractivity contribution in [1.82, 2.24) is 10.6 Å². The Kier molecular flexibility index (Phi) is 16.1. The fraction of sp³-hybridized carbons (Fsp3) is 0.682. The number of aliphatic imine (C=N–C) groups is 1. The van der Waals surface area contributed by atoms with E-state index in [0.29, 0.717) is 6.10 Å². The third kappa shape index (κ3) is 13.1. The van der Waals surface area contributed by atoms with Gasteiger partial charge in [-0.05, 0) is 44.1 Å². The molecule has 29 heavy (non-hydrogen) atoms. The van der Waals surface area contributed by atoms with E-state index in [1.165, 1.54) is 5.56 Å². The molecule has 1 aliphatic heterocycles. The van der Waals surface area contributed by atoms with Crippen LogP contribution in [-0.2, 0) is 20.6 Å². The number of guanidine groups is 1. The largest absolute Gasteiger partial charge is 0.381 e. The van der Waals surface area contributed by atoms with Gasteiger partial charge in [0.1, 0.15) is 0 Å². The summed E-state index contributed by atoms with van der Waals surface area (Å²) < 4.78 is 16.9. The highest BCUT2D eigenvalue weighted by Gasteiger charge is 2.14. The fourth-order valence-electron chi connectivity index (χ4n) is 3.06. The molecule has 1 aromatic rings. The van der Waals surface area contributed by atoms with Gasteiger partial charge in [-0.25, -0.2) is 0 Å². The van der Waals surface area contributed by atoms with E-state index >= 15 is 0 Å². The Balaban J connectivity index is 0.00000420. The van der Waals surface area contributed by atoms with Crippen LogP contribution in [0, 0.1) is 0 Å². The molecule has 1 aliphatic rings. The first-order valence-corrected chi connectivity index (χ1v) is 10.6. The molecule has 6 nitrogen and oxygen atoms in total. The molecule has 1 heterocycles. The van der Waals surface area contributed by atoms with Gasteiger partial charge in [-0.15, -0.1) is 24.0 Å². The number of rotatable bonds is 14. The minimum absolute atomic E-state index is 0. The maximum Gasteiger partial charge on any atom is 0.190 e. The Morgan fingerprint density at radius 3 is 2.52 bits per heavy atom. The Morgan fingerprint density at radius 1 is 1.03 bits per heavy atom. The number of nitrogens with zero attached hydrogens (tertiary/aromatic N) is 1. The van der Waals surface area contributed by atoms with E-state index in [1.807, 2.05) is 6.07 Å². The number of nitrogens with one attached hydrogen (secondary N) is 2. The van der Waals surface area contributed by atoms with Crippen LogP contribution in [0.4, 0.5) is 0 Å². The van der Waals surface area contributed by atoms with Gasteiger partial charge in [-0.3, -0.25) is 4.99 Å². The highest BCUT2D eigenvalue weighted by atomic mass is 127. The average Bonchev–Trinajstić information content (AvgIpc) is 3.25. The third-order valence-electron chi connectivity index (χ3n) is 4.70. The summed E-state index contributed by atoms with van der Waals surface area (Å²) in [5, 5.41) is 6.67. The Bertz CT molecular complexity index is 525. The molecule has 0 spiro atoms. The zero-order valence-electron chi connectivity index (χ0n) is 17.7. The second kappa shape index (κ2) is 17.9. The molecule has 7 heteroatoms. The van der Waals surface area contributed by atoms with Crippen molar-refractivity contribution in [1.29, 1.82) is 0 Å². The Morgan fingerprint density at radius 2 is 1.79 bits per heavy atom. The van der Waals surface area contributed by atoms with Crippen LogP contribution >= 0.6 is 24.0 Å². The molecule has 0 aliphatic carbocycles. The van der Waals surface area contributed by atoms with Crippen LogP contribution in [0.25, 0.3) is 0 Å². The smallest absolute Gasteiger partial charge is 0.190 e. The molecule has 0 saturated carbocycles. The molecule has 1 aromatic carbocycles. The minimum Gasteiger partial charge on any atom is -0.381 e. The van der Waals surface area contributed by atoms with E-state index in [-0.39, 0.29) is 24.0 Å². The monoisotopic (exact) mass is 519 g/mol. The molecular weight excluding hydrogens is 481 g/mol. The standard InChI is InChI=1S/C22H37N3O3.HI/c1-23-22(25-14-8-16-27-19-21-11-7-17-28-21)24-13-5-6-15-26-18-12-20-9-3-2-4-10-20;/h2-4,9-10,21H,5-8,11-19H2,1H3,(H2,23,24,25);1H. The Hall–Kier alpha value is -0.900. The number of benzene rings is 1. The van der Waals surface area contributed by atoms with Gasteiger partial charge < -0.3 is 24.8 Å². The fourth-order valence-corrected chi connectivity index (χ4v) is 3.06. The van der Waals surface area contributed by atoms with Crippen LogP contribution < -0.4 is 10.6 Å². The quantitative estimate of drug-likeness (QED) is 0.171. The molecule has 1 atom stereocenters. The number of unbranched alkanes of at least 4 members (excludes halogenated alkanes) is 1. The summed E-state index contributed by atoms with van der Waals surface area (Å²) in [6, 6.07) is 10.5. The van der Waals surface area contributed by atoms with Crippen molar-refractivity contribution < 1.29 is 14.2 Å². The van der Waals surface area contributed by atoms with Crippen LogP contribution in [0.1, 0.15) is 37.7 Å². The average molecular weight is 519 g/mol. The third-order valence-corrected chi connectivity index (χ3v) is 4.70. The zero-order chi connectivity index (χ0) is 19.7. The van der Waals surface area contributed by atoms with Gasteiger partial charge in [-0.2, -0.15) is 0 Å². The normalized spacial score (nSPS) is 16.4. The molecule has 1 fully saturated rings. The van der Waals surface area contributed by atoms with Crippen LogP contribution in [0.5, 0.6) is 0 Å². The van der Waals surface area contributed by atoms with Crippen molar-refractivity contribution in [2.45, 2.75) is 44.6 Å². The molecule has 0 amide bonds. The van der Waals surface area contributed by atoms with Gasteiger partial charge in [0.05, 0.1) is 19.3 Å².